The molecule has 2 aliphatic heterocycles. The molecule has 1 N–H and O–H groups in total. The molecule has 1 aromatic carbocycles. The zero-order valence-electron chi connectivity index (χ0n) is 13.9. The number of tetrazole rings is 1. The summed E-state index contributed by atoms with van der Waals surface area (Å²) in [4.78, 5) is 17.4. The Hall–Kier alpha value is -2.28. The first-order valence-electron chi connectivity index (χ1n) is 8.59. The van der Waals surface area contributed by atoms with Gasteiger partial charge in [-0.3, -0.25) is 9.69 Å². The summed E-state index contributed by atoms with van der Waals surface area (Å²) in [6, 6.07) is 8.42. The van der Waals surface area contributed by atoms with Gasteiger partial charge in [-0.25, -0.2) is 0 Å². The molecule has 24 heavy (non-hydrogen) atoms. The molecule has 2 unspecified atom stereocenters. The fraction of sp³-hybridized carbons (Fsp3) is 0.529. The number of carbonyl (C=O) groups excluding carboxylic acids is 1. The minimum absolute atomic E-state index is 0.128. The summed E-state index contributed by atoms with van der Waals surface area (Å²) in [6.07, 6.45) is 2.48. The maximum Gasteiger partial charge on any atom is 0.229 e. The average molecular weight is 326 g/mol. The van der Waals surface area contributed by atoms with Crippen LogP contribution in [-0.4, -0.2) is 68.6 Å². The lowest BCUT2D eigenvalue weighted by Crippen LogP contribution is -2.52. The molecule has 1 amide bonds. The number of aromatic amines is 1. The molecule has 2 atom stereocenters. The van der Waals surface area contributed by atoms with E-state index in [1.807, 2.05) is 36.1 Å². The van der Waals surface area contributed by atoms with Crippen molar-refractivity contribution in [3.8, 4) is 11.4 Å². The predicted molar refractivity (Wildman–Crippen MR) is 89.2 cm³/mol. The number of nitrogens with zero attached hydrogens (tertiary/aromatic N) is 5. The van der Waals surface area contributed by atoms with Crippen molar-refractivity contribution in [3.63, 3.8) is 0 Å². The van der Waals surface area contributed by atoms with Crippen molar-refractivity contribution in [3.05, 3.63) is 29.8 Å². The van der Waals surface area contributed by atoms with Crippen molar-refractivity contribution in [2.45, 2.75) is 31.7 Å². The molecule has 0 bridgehead atoms. The zero-order chi connectivity index (χ0) is 16.5. The van der Waals surface area contributed by atoms with Gasteiger partial charge in [0, 0.05) is 31.2 Å². The molecule has 0 saturated carbocycles. The predicted octanol–water partition coefficient (Wildman–Crippen LogP) is 1.28. The first kappa shape index (κ1) is 15.3. The SMILES string of the molecule is CC(C(=O)N1CCN2CCCC2C1)c1ccc(-c2nn[nH]n2)cc1. The number of H-pyrrole nitrogens is 1. The number of aromatic nitrogens is 4. The van der Waals surface area contributed by atoms with Gasteiger partial charge >= 0.3 is 0 Å². The summed E-state index contributed by atoms with van der Waals surface area (Å²) >= 11 is 0. The van der Waals surface area contributed by atoms with Gasteiger partial charge < -0.3 is 4.90 Å². The Morgan fingerprint density at radius 2 is 2.08 bits per heavy atom. The van der Waals surface area contributed by atoms with E-state index in [1.54, 1.807) is 0 Å². The highest BCUT2D eigenvalue weighted by molar-refractivity contribution is 5.83. The van der Waals surface area contributed by atoms with Crippen LogP contribution in [0.3, 0.4) is 0 Å². The summed E-state index contributed by atoms with van der Waals surface area (Å²) in [5.41, 5.74) is 1.92. The molecule has 2 aromatic rings. The molecule has 7 nitrogen and oxygen atoms in total. The third-order valence-electron chi connectivity index (χ3n) is 5.28. The molecule has 4 rings (SSSR count). The van der Waals surface area contributed by atoms with Crippen LogP contribution in [0.5, 0.6) is 0 Å². The Morgan fingerprint density at radius 3 is 2.83 bits per heavy atom. The Bertz CT molecular complexity index is 698. The number of rotatable bonds is 3. The van der Waals surface area contributed by atoms with E-state index in [0.717, 1.165) is 30.8 Å². The van der Waals surface area contributed by atoms with Crippen LogP contribution in [0, 0.1) is 0 Å². The van der Waals surface area contributed by atoms with Crippen LogP contribution in [0.4, 0.5) is 0 Å². The first-order chi connectivity index (χ1) is 11.7. The normalized spacial score (nSPS) is 22.4. The molecule has 0 spiro atoms. The quantitative estimate of drug-likeness (QED) is 0.919. The number of piperazine rings is 1. The fourth-order valence-corrected chi connectivity index (χ4v) is 3.81. The van der Waals surface area contributed by atoms with E-state index in [1.165, 1.54) is 19.4 Å². The molecular weight excluding hydrogens is 304 g/mol. The first-order valence-corrected chi connectivity index (χ1v) is 8.59. The van der Waals surface area contributed by atoms with E-state index in [-0.39, 0.29) is 11.8 Å². The lowest BCUT2D eigenvalue weighted by Gasteiger charge is -2.38. The van der Waals surface area contributed by atoms with Crippen LogP contribution < -0.4 is 0 Å². The van der Waals surface area contributed by atoms with Crippen molar-refractivity contribution in [2.24, 2.45) is 0 Å². The number of benzene rings is 1. The van der Waals surface area contributed by atoms with Crippen LogP contribution in [0.15, 0.2) is 24.3 Å². The second-order valence-corrected chi connectivity index (χ2v) is 6.70. The minimum Gasteiger partial charge on any atom is -0.339 e. The van der Waals surface area contributed by atoms with Crippen molar-refractivity contribution < 1.29 is 4.79 Å². The summed E-state index contributed by atoms with van der Waals surface area (Å²) in [6.45, 7) is 5.93. The summed E-state index contributed by atoms with van der Waals surface area (Å²) < 4.78 is 0. The Kier molecular flexibility index (Phi) is 4.02. The molecule has 2 aliphatic rings. The highest BCUT2D eigenvalue weighted by atomic mass is 16.2. The number of amides is 1. The monoisotopic (exact) mass is 326 g/mol. The van der Waals surface area contributed by atoms with Crippen LogP contribution in [-0.2, 0) is 4.79 Å². The van der Waals surface area contributed by atoms with E-state index >= 15 is 0 Å². The Balaban J connectivity index is 1.45. The summed E-state index contributed by atoms with van der Waals surface area (Å²) in [5.74, 6) is 0.670. The lowest BCUT2D eigenvalue weighted by molar-refractivity contribution is -0.135. The maximum absolute atomic E-state index is 12.9. The highest BCUT2D eigenvalue weighted by Crippen LogP contribution is 2.26. The molecule has 3 heterocycles. The number of nitrogens with one attached hydrogen (secondary N) is 1. The Morgan fingerprint density at radius 1 is 1.25 bits per heavy atom. The smallest absolute Gasteiger partial charge is 0.229 e. The van der Waals surface area contributed by atoms with Crippen molar-refractivity contribution in [1.29, 1.82) is 0 Å². The van der Waals surface area contributed by atoms with Gasteiger partial charge in [-0.2, -0.15) is 5.21 Å². The summed E-state index contributed by atoms with van der Waals surface area (Å²) in [7, 11) is 0. The molecular formula is C17H22N6O. The van der Waals surface area contributed by atoms with Gasteiger partial charge in [0.25, 0.3) is 0 Å². The third kappa shape index (κ3) is 2.80. The Labute approximate surface area is 141 Å². The van der Waals surface area contributed by atoms with E-state index < -0.39 is 0 Å². The molecule has 7 heteroatoms. The van der Waals surface area contributed by atoms with E-state index in [4.69, 9.17) is 0 Å². The van der Waals surface area contributed by atoms with Crippen molar-refractivity contribution >= 4 is 5.91 Å². The van der Waals surface area contributed by atoms with Crippen LogP contribution in [0.2, 0.25) is 0 Å². The highest BCUT2D eigenvalue weighted by Gasteiger charge is 2.34. The summed E-state index contributed by atoms with van der Waals surface area (Å²) in [5, 5.41) is 14.0. The van der Waals surface area contributed by atoms with Crippen LogP contribution >= 0.6 is 0 Å². The van der Waals surface area contributed by atoms with Crippen LogP contribution in [0.25, 0.3) is 11.4 Å². The number of carbonyl (C=O) groups is 1. The van der Waals surface area contributed by atoms with Gasteiger partial charge in [0.2, 0.25) is 11.7 Å². The fourth-order valence-electron chi connectivity index (χ4n) is 3.81. The van der Waals surface area contributed by atoms with Crippen LogP contribution in [0.1, 0.15) is 31.2 Å². The molecule has 126 valence electrons. The topological polar surface area (TPSA) is 78.0 Å². The van der Waals surface area contributed by atoms with Crippen molar-refractivity contribution in [1.82, 2.24) is 30.4 Å². The van der Waals surface area contributed by atoms with E-state index in [0.29, 0.717) is 11.9 Å². The van der Waals surface area contributed by atoms with Gasteiger partial charge in [0.05, 0.1) is 5.92 Å². The minimum atomic E-state index is -0.128. The third-order valence-corrected chi connectivity index (χ3v) is 5.28. The zero-order valence-corrected chi connectivity index (χ0v) is 13.9. The largest absolute Gasteiger partial charge is 0.339 e. The lowest BCUT2D eigenvalue weighted by atomic mass is 9.97. The number of hydrogen-bond donors (Lipinski definition) is 1. The van der Waals surface area contributed by atoms with Gasteiger partial charge in [-0.1, -0.05) is 24.3 Å². The molecule has 0 aliphatic carbocycles. The molecule has 0 radical (unpaired) electrons. The average Bonchev–Trinajstić information content (AvgIpc) is 3.31. The van der Waals surface area contributed by atoms with Gasteiger partial charge in [0.15, 0.2) is 0 Å². The maximum atomic E-state index is 12.9. The standard InChI is InChI=1S/C17H22N6O/c1-12(13-4-6-14(7-5-13)16-18-20-21-19-16)17(24)23-10-9-22-8-2-3-15(22)11-23/h4-7,12,15H,2-3,8-11H2,1H3,(H,18,19,20,21). The molecule has 2 fully saturated rings. The van der Waals surface area contributed by atoms with E-state index in [2.05, 4.69) is 25.5 Å². The number of hydrogen-bond acceptors (Lipinski definition) is 5. The van der Waals surface area contributed by atoms with Crippen molar-refractivity contribution in [2.75, 3.05) is 26.2 Å². The number of fused-ring (bicyclic) bond motifs is 1. The van der Waals surface area contributed by atoms with E-state index in [9.17, 15) is 4.79 Å². The second-order valence-electron chi connectivity index (χ2n) is 6.70. The van der Waals surface area contributed by atoms with Gasteiger partial charge in [0.1, 0.15) is 0 Å². The van der Waals surface area contributed by atoms with Gasteiger partial charge in [-0.05, 0) is 37.1 Å². The second kappa shape index (κ2) is 6.32. The molecule has 1 aromatic heterocycles. The molecule has 2 saturated heterocycles. The van der Waals surface area contributed by atoms with Gasteiger partial charge in [-0.15, -0.1) is 10.2 Å².